The Labute approximate surface area is 77.7 Å². The van der Waals surface area contributed by atoms with Crippen LogP contribution in [-0.2, 0) is 0 Å². The van der Waals surface area contributed by atoms with Gasteiger partial charge in [-0.3, -0.25) is 4.90 Å². The molecular weight excluding hydrogens is 206 g/mol. The lowest BCUT2D eigenvalue weighted by atomic mass is 10.3. The summed E-state index contributed by atoms with van der Waals surface area (Å²) in [6.45, 7) is 8.16. The van der Waals surface area contributed by atoms with E-state index in [2.05, 4.69) is 41.6 Å². The SMILES string of the molecule is CCN(CC(O)CBr)C(C)C. The van der Waals surface area contributed by atoms with Crippen LogP contribution in [0.3, 0.4) is 0 Å². The number of halogens is 1. The number of aliphatic hydroxyl groups excluding tert-OH is 1. The lowest BCUT2D eigenvalue weighted by molar-refractivity contribution is 0.115. The molecule has 0 aromatic heterocycles. The summed E-state index contributed by atoms with van der Waals surface area (Å²) in [6.07, 6.45) is -0.239. The lowest BCUT2D eigenvalue weighted by Crippen LogP contribution is -2.37. The van der Waals surface area contributed by atoms with E-state index < -0.39 is 0 Å². The number of nitrogens with zero attached hydrogens (tertiary/aromatic N) is 1. The van der Waals surface area contributed by atoms with Crippen LogP contribution in [0, 0.1) is 0 Å². The van der Waals surface area contributed by atoms with Crippen molar-refractivity contribution in [1.82, 2.24) is 4.90 Å². The Morgan fingerprint density at radius 1 is 1.45 bits per heavy atom. The van der Waals surface area contributed by atoms with E-state index in [9.17, 15) is 5.11 Å². The van der Waals surface area contributed by atoms with Gasteiger partial charge in [-0.15, -0.1) is 0 Å². The van der Waals surface area contributed by atoms with Crippen molar-refractivity contribution in [3.63, 3.8) is 0 Å². The molecular formula is C8H18BrNO. The van der Waals surface area contributed by atoms with E-state index in [0.717, 1.165) is 13.1 Å². The summed E-state index contributed by atoms with van der Waals surface area (Å²) in [6, 6.07) is 0.522. The van der Waals surface area contributed by atoms with Gasteiger partial charge in [-0.2, -0.15) is 0 Å². The monoisotopic (exact) mass is 223 g/mol. The highest BCUT2D eigenvalue weighted by molar-refractivity contribution is 9.09. The van der Waals surface area contributed by atoms with Crippen LogP contribution in [0.5, 0.6) is 0 Å². The second-order valence-corrected chi connectivity index (χ2v) is 3.64. The highest BCUT2D eigenvalue weighted by Gasteiger charge is 2.11. The van der Waals surface area contributed by atoms with Gasteiger partial charge < -0.3 is 5.11 Å². The number of hydrogen-bond donors (Lipinski definition) is 1. The second kappa shape index (κ2) is 5.98. The number of aliphatic hydroxyl groups is 1. The Morgan fingerprint density at radius 2 is 2.00 bits per heavy atom. The van der Waals surface area contributed by atoms with Crippen LogP contribution >= 0.6 is 15.9 Å². The zero-order valence-electron chi connectivity index (χ0n) is 7.55. The molecule has 2 nitrogen and oxygen atoms in total. The molecule has 11 heavy (non-hydrogen) atoms. The molecule has 3 heteroatoms. The van der Waals surface area contributed by atoms with Crippen LogP contribution in [0.15, 0.2) is 0 Å². The predicted molar refractivity (Wildman–Crippen MR) is 52.2 cm³/mol. The third kappa shape index (κ3) is 4.77. The highest BCUT2D eigenvalue weighted by Crippen LogP contribution is 2.00. The molecule has 0 aromatic rings. The number of rotatable bonds is 5. The molecule has 0 aliphatic carbocycles. The van der Waals surface area contributed by atoms with Gasteiger partial charge in [0.1, 0.15) is 0 Å². The van der Waals surface area contributed by atoms with Crippen molar-refractivity contribution in [2.45, 2.75) is 32.9 Å². The number of hydrogen-bond acceptors (Lipinski definition) is 2. The standard InChI is InChI=1S/C8H18BrNO/c1-4-10(7(2)3)6-8(11)5-9/h7-8,11H,4-6H2,1-3H3. The Balaban J connectivity index is 3.68. The van der Waals surface area contributed by atoms with E-state index in [1.165, 1.54) is 0 Å². The zero-order valence-corrected chi connectivity index (χ0v) is 9.13. The molecule has 0 saturated heterocycles. The topological polar surface area (TPSA) is 23.5 Å². The van der Waals surface area contributed by atoms with Crippen molar-refractivity contribution in [1.29, 1.82) is 0 Å². The van der Waals surface area contributed by atoms with Gasteiger partial charge in [-0.25, -0.2) is 0 Å². The average Bonchev–Trinajstić information content (AvgIpc) is 1.99. The maximum atomic E-state index is 9.32. The maximum absolute atomic E-state index is 9.32. The van der Waals surface area contributed by atoms with Crippen molar-refractivity contribution < 1.29 is 5.11 Å². The fourth-order valence-corrected chi connectivity index (χ4v) is 1.23. The highest BCUT2D eigenvalue weighted by atomic mass is 79.9. The van der Waals surface area contributed by atoms with Gasteiger partial charge in [0.2, 0.25) is 0 Å². The van der Waals surface area contributed by atoms with Gasteiger partial charge in [0, 0.05) is 17.9 Å². The molecule has 0 spiro atoms. The average molecular weight is 224 g/mol. The fourth-order valence-electron chi connectivity index (χ4n) is 1.02. The largest absolute Gasteiger partial charge is 0.391 e. The van der Waals surface area contributed by atoms with Crippen LogP contribution in [0.1, 0.15) is 20.8 Å². The van der Waals surface area contributed by atoms with Crippen molar-refractivity contribution in [2.75, 3.05) is 18.4 Å². The van der Waals surface area contributed by atoms with Gasteiger partial charge in [0.25, 0.3) is 0 Å². The molecule has 1 atom stereocenters. The smallest absolute Gasteiger partial charge is 0.0763 e. The van der Waals surface area contributed by atoms with E-state index in [1.54, 1.807) is 0 Å². The van der Waals surface area contributed by atoms with Gasteiger partial charge in [-0.05, 0) is 20.4 Å². The third-order valence-electron chi connectivity index (χ3n) is 1.76. The van der Waals surface area contributed by atoms with Crippen molar-refractivity contribution in [2.24, 2.45) is 0 Å². The van der Waals surface area contributed by atoms with E-state index in [0.29, 0.717) is 11.4 Å². The van der Waals surface area contributed by atoms with Crippen molar-refractivity contribution in [3.8, 4) is 0 Å². The minimum absolute atomic E-state index is 0.239. The van der Waals surface area contributed by atoms with Crippen LogP contribution in [0.2, 0.25) is 0 Å². The number of likely N-dealkylation sites (N-methyl/N-ethyl adjacent to an activating group) is 1. The molecule has 0 amide bonds. The first-order valence-corrected chi connectivity index (χ1v) is 5.22. The van der Waals surface area contributed by atoms with E-state index >= 15 is 0 Å². The molecule has 0 aliphatic rings. The first-order chi connectivity index (χ1) is 5.11. The van der Waals surface area contributed by atoms with Crippen LogP contribution in [-0.4, -0.2) is 40.6 Å². The maximum Gasteiger partial charge on any atom is 0.0763 e. The molecule has 0 saturated carbocycles. The first kappa shape index (κ1) is 11.4. The fraction of sp³-hybridized carbons (Fsp3) is 1.00. The number of alkyl halides is 1. The van der Waals surface area contributed by atoms with Crippen molar-refractivity contribution >= 4 is 15.9 Å². The minimum atomic E-state index is -0.239. The Morgan fingerprint density at radius 3 is 2.27 bits per heavy atom. The summed E-state index contributed by atoms with van der Waals surface area (Å²) in [5.74, 6) is 0. The lowest BCUT2D eigenvalue weighted by Gasteiger charge is -2.26. The zero-order chi connectivity index (χ0) is 8.85. The summed E-state index contributed by atoms with van der Waals surface area (Å²) < 4.78 is 0. The van der Waals surface area contributed by atoms with E-state index in [-0.39, 0.29) is 6.10 Å². The van der Waals surface area contributed by atoms with Crippen LogP contribution in [0.25, 0.3) is 0 Å². The van der Waals surface area contributed by atoms with Crippen molar-refractivity contribution in [3.05, 3.63) is 0 Å². The summed E-state index contributed by atoms with van der Waals surface area (Å²) in [7, 11) is 0. The molecule has 0 heterocycles. The Kier molecular flexibility index (Phi) is 6.19. The molecule has 0 bridgehead atoms. The van der Waals surface area contributed by atoms with Crippen LogP contribution in [0.4, 0.5) is 0 Å². The molecule has 0 radical (unpaired) electrons. The molecule has 0 aromatic carbocycles. The van der Waals surface area contributed by atoms with Gasteiger partial charge >= 0.3 is 0 Å². The van der Waals surface area contributed by atoms with E-state index in [1.807, 2.05) is 0 Å². The molecule has 0 aliphatic heterocycles. The molecule has 0 fully saturated rings. The molecule has 1 N–H and O–H groups in total. The summed E-state index contributed by atoms with van der Waals surface area (Å²) >= 11 is 3.24. The minimum Gasteiger partial charge on any atom is -0.391 e. The molecule has 68 valence electrons. The second-order valence-electron chi connectivity index (χ2n) is 2.99. The van der Waals surface area contributed by atoms with Gasteiger partial charge in [-0.1, -0.05) is 22.9 Å². The summed E-state index contributed by atoms with van der Waals surface area (Å²) in [5, 5.41) is 9.98. The Hall–Kier alpha value is 0.400. The molecule has 0 rings (SSSR count). The van der Waals surface area contributed by atoms with Gasteiger partial charge in [0.05, 0.1) is 6.10 Å². The quantitative estimate of drug-likeness (QED) is 0.715. The molecule has 1 unspecified atom stereocenters. The summed E-state index contributed by atoms with van der Waals surface area (Å²) in [5.41, 5.74) is 0. The predicted octanol–water partition coefficient (Wildman–Crippen LogP) is 1.47. The van der Waals surface area contributed by atoms with Crippen LogP contribution < -0.4 is 0 Å². The third-order valence-corrected chi connectivity index (χ3v) is 2.51. The van der Waals surface area contributed by atoms with Gasteiger partial charge in [0.15, 0.2) is 0 Å². The Bertz CT molecular complexity index is 98.1. The normalized spacial score (nSPS) is 14.5. The summed E-state index contributed by atoms with van der Waals surface area (Å²) in [4.78, 5) is 2.24. The first-order valence-electron chi connectivity index (χ1n) is 4.09. The van der Waals surface area contributed by atoms with E-state index in [4.69, 9.17) is 0 Å².